The molecular formula is C50H76O2P2Si2. The van der Waals surface area contributed by atoms with Gasteiger partial charge in [-0.2, -0.15) is 0 Å². The Kier molecular flexibility index (Phi) is 17.0. The van der Waals surface area contributed by atoms with Crippen LogP contribution in [0.5, 0.6) is 0 Å². The Morgan fingerprint density at radius 3 is 0.679 bits per heavy atom. The van der Waals surface area contributed by atoms with Gasteiger partial charge in [-0.1, -0.05) is 202 Å². The molecule has 0 spiro atoms. The molecule has 0 amide bonds. The van der Waals surface area contributed by atoms with Crippen LogP contribution in [-0.4, -0.2) is 41.2 Å². The van der Waals surface area contributed by atoms with Crippen molar-refractivity contribution in [3.63, 3.8) is 0 Å². The molecule has 2 atom stereocenters. The summed E-state index contributed by atoms with van der Waals surface area (Å²) < 4.78 is 16.5. The fourth-order valence-corrected chi connectivity index (χ4v) is 26.0. The molecule has 0 saturated carbocycles. The number of aryl methyl sites for hydroxylation is 4. The molecule has 306 valence electrons. The highest BCUT2D eigenvalue weighted by Gasteiger charge is 2.52. The predicted octanol–water partition coefficient (Wildman–Crippen LogP) is 13.6. The van der Waals surface area contributed by atoms with Crippen molar-refractivity contribution in [2.24, 2.45) is 0 Å². The molecule has 0 aliphatic carbocycles. The van der Waals surface area contributed by atoms with Gasteiger partial charge in [0.1, 0.15) is 0 Å². The van der Waals surface area contributed by atoms with Crippen LogP contribution in [0.15, 0.2) is 97.1 Å². The zero-order valence-electron chi connectivity index (χ0n) is 38.0. The third-order valence-corrected chi connectivity index (χ3v) is 30.0. The second-order valence-corrected chi connectivity index (χ2v) is 33.8. The lowest BCUT2D eigenvalue weighted by Gasteiger charge is -2.50. The maximum Gasteiger partial charge on any atom is 0.200 e. The molecule has 4 rings (SSSR count). The van der Waals surface area contributed by atoms with E-state index in [1.54, 1.807) is 0 Å². The van der Waals surface area contributed by atoms with Crippen molar-refractivity contribution in [1.82, 2.24) is 0 Å². The molecular weight excluding hydrogens is 751 g/mol. The average Bonchev–Trinajstić information content (AvgIpc) is 3.13. The largest absolute Gasteiger partial charge is 0.410 e. The summed E-state index contributed by atoms with van der Waals surface area (Å²) in [5.41, 5.74) is 8.00. The van der Waals surface area contributed by atoms with Crippen molar-refractivity contribution in [3.8, 4) is 0 Å². The Morgan fingerprint density at radius 2 is 0.518 bits per heavy atom. The van der Waals surface area contributed by atoms with E-state index in [4.69, 9.17) is 8.85 Å². The van der Waals surface area contributed by atoms with Crippen molar-refractivity contribution in [3.05, 3.63) is 119 Å². The second-order valence-electron chi connectivity index (χ2n) is 18.5. The fourth-order valence-electron chi connectivity index (χ4n) is 9.78. The van der Waals surface area contributed by atoms with Crippen LogP contribution in [0.25, 0.3) is 0 Å². The predicted molar refractivity (Wildman–Crippen MR) is 259 cm³/mol. The molecule has 0 aromatic heterocycles. The maximum absolute atomic E-state index is 8.26. The molecule has 0 N–H and O–H groups in total. The highest BCUT2D eigenvalue weighted by Crippen LogP contribution is 2.50. The zero-order valence-corrected chi connectivity index (χ0v) is 41.8. The van der Waals surface area contributed by atoms with E-state index >= 15 is 0 Å². The molecule has 0 saturated heterocycles. The lowest BCUT2D eigenvalue weighted by atomic mass is 10.2. The van der Waals surface area contributed by atoms with Gasteiger partial charge in [-0.15, -0.1) is 0 Å². The highest BCUT2D eigenvalue weighted by atomic mass is 31.1. The van der Waals surface area contributed by atoms with Crippen LogP contribution in [0, 0.1) is 27.7 Å². The van der Waals surface area contributed by atoms with Crippen LogP contribution < -0.4 is 21.2 Å². The SMILES string of the molecule is Cc1ccc(P(CC(O[Si](C(C)C)(C(C)C)C(C)C)C(CP(c2ccc(C)cc2)c2ccc(C)cc2)O[Si](C(C)C)(C(C)C)C(C)C)c2ccc(C)cc2)cc1. The number of benzene rings is 4. The summed E-state index contributed by atoms with van der Waals surface area (Å²) in [6.45, 7) is 38.2. The van der Waals surface area contributed by atoms with Gasteiger partial charge in [0, 0.05) is 12.3 Å². The van der Waals surface area contributed by atoms with Crippen molar-refractivity contribution in [2.75, 3.05) is 12.3 Å². The standard InChI is InChI=1S/C50H76O2P2Si2/c1-35(2)55(36(3)4,37(5)6)51-49(33-53(45-25-17-41(13)18-26-45)46-27-19-42(14)20-28-46)50(52-56(38(7)8,39(9)10)40(11)12)34-54(47-29-21-43(15)22-30-47)48-31-23-44(16)24-32-48/h17-32,35-40,49-50H,33-34H2,1-16H3. The first-order chi connectivity index (χ1) is 26.3. The lowest BCUT2D eigenvalue weighted by Crippen LogP contribution is -2.58. The second kappa shape index (κ2) is 20.4. The van der Waals surface area contributed by atoms with Crippen LogP contribution in [-0.2, 0) is 8.85 Å². The molecule has 0 fully saturated rings. The smallest absolute Gasteiger partial charge is 0.200 e. The summed E-state index contributed by atoms with van der Waals surface area (Å²) in [7, 11) is -6.23. The third-order valence-electron chi connectivity index (χ3n) is 12.6. The number of hydrogen-bond donors (Lipinski definition) is 0. The molecule has 4 aromatic rings. The van der Waals surface area contributed by atoms with Crippen LogP contribution >= 0.6 is 15.8 Å². The van der Waals surface area contributed by atoms with Crippen molar-refractivity contribution >= 4 is 53.7 Å². The molecule has 0 heterocycles. The zero-order chi connectivity index (χ0) is 41.5. The van der Waals surface area contributed by atoms with Crippen molar-refractivity contribution < 1.29 is 8.85 Å². The summed E-state index contributed by atoms with van der Waals surface area (Å²) in [5, 5.41) is 5.69. The first-order valence-electron chi connectivity index (χ1n) is 21.5. The Balaban J connectivity index is 2.07. The minimum absolute atomic E-state index is 0.0633. The minimum Gasteiger partial charge on any atom is -0.410 e. The van der Waals surface area contributed by atoms with Gasteiger partial charge in [0.25, 0.3) is 0 Å². The van der Waals surface area contributed by atoms with E-state index in [1.807, 2.05) is 0 Å². The van der Waals surface area contributed by atoms with E-state index in [0.29, 0.717) is 33.2 Å². The monoisotopic (exact) mass is 826 g/mol. The summed E-state index contributed by atoms with van der Waals surface area (Å²) in [6.07, 6.45) is 1.76. The first kappa shape index (κ1) is 46.8. The van der Waals surface area contributed by atoms with Gasteiger partial charge in [-0.05, 0) is 98.0 Å². The molecule has 4 aromatic carbocycles. The fraction of sp³-hybridized carbons (Fsp3) is 0.520. The minimum atomic E-state index is -2.37. The van der Waals surface area contributed by atoms with E-state index < -0.39 is 32.5 Å². The quantitative estimate of drug-likeness (QED) is 0.0692. The van der Waals surface area contributed by atoms with E-state index in [0.717, 1.165) is 12.3 Å². The Morgan fingerprint density at radius 1 is 0.339 bits per heavy atom. The lowest BCUT2D eigenvalue weighted by molar-refractivity contribution is 0.0577. The van der Waals surface area contributed by atoms with E-state index in [2.05, 4.69) is 208 Å². The van der Waals surface area contributed by atoms with Gasteiger partial charge in [0.2, 0.25) is 16.6 Å². The van der Waals surface area contributed by atoms with Crippen LogP contribution in [0.4, 0.5) is 0 Å². The summed E-state index contributed by atoms with van der Waals surface area (Å²) >= 11 is 0. The molecule has 0 bridgehead atoms. The van der Waals surface area contributed by atoms with Gasteiger partial charge in [-0.25, -0.2) is 0 Å². The molecule has 0 radical (unpaired) electrons. The molecule has 2 unspecified atom stereocenters. The van der Waals surface area contributed by atoms with Gasteiger partial charge >= 0.3 is 0 Å². The number of rotatable bonds is 19. The number of hydrogen-bond acceptors (Lipinski definition) is 2. The summed E-state index contributed by atoms with van der Waals surface area (Å²) in [6, 6.07) is 37.6. The van der Waals surface area contributed by atoms with Crippen LogP contribution in [0.3, 0.4) is 0 Å². The first-order valence-corrected chi connectivity index (χ1v) is 28.8. The van der Waals surface area contributed by atoms with E-state index in [1.165, 1.54) is 43.5 Å². The highest BCUT2D eigenvalue weighted by molar-refractivity contribution is 7.73. The van der Waals surface area contributed by atoms with E-state index in [9.17, 15) is 0 Å². The van der Waals surface area contributed by atoms with Gasteiger partial charge in [-0.3, -0.25) is 0 Å². The van der Waals surface area contributed by atoms with Crippen LogP contribution in [0.1, 0.15) is 105 Å². The molecule has 2 nitrogen and oxygen atoms in total. The van der Waals surface area contributed by atoms with Crippen molar-refractivity contribution in [1.29, 1.82) is 0 Å². The molecule has 0 aliphatic heterocycles. The molecule has 0 aliphatic rings. The third kappa shape index (κ3) is 10.8. The van der Waals surface area contributed by atoms with Gasteiger partial charge < -0.3 is 8.85 Å². The van der Waals surface area contributed by atoms with Gasteiger partial charge in [0.15, 0.2) is 0 Å². The molecule has 6 heteroatoms. The average molecular weight is 827 g/mol. The maximum atomic E-state index is 8.26. The summed E-state index contributed by atoms with van der Waals surface area (Å²) in [5.74, 6) is 0. The topological polar surface area (TPSA) is 18.5 Å². The Labute approximate surface area is 348 Å². The Bertz CT molecular complexity index is 1500. The van der Waals surface area contributed by atoms with Crippen molar-refractivity contribution in [2.45, 2.75) is 156 Å². The molecule has 56 heavy (non-hydrogen) atoms. The van der Waals surface area contributed by atoms with E-state index in [-0.39, 0.29) is 12.2 Å². The summed E-state index contributed by atoms with van der Waals surface area (Å²) in [4.78, 5) is 0. The Hall–Kier alpha value is -1.91. The van der Waals surface area contributed by atoms with Gasteiger partial charge in [0.05, 0.1) is 12.2 Å². The van der Waals surface area contributed by atoms with Crippen LogP contribution in [0.2, 0.25) is 33.2 Å². The normalized spacial score (nSPS) is 14.1.